The summed E-state index contributed by atoms with van der Waals surface area (Å²) in [6.45, 7) is 2.05. The van der Waals surface area contributed by atoms with Gasteiger partial charge >= 0.3 is 5.97 Å². The third-order valence-electron chi connectivity index (χ3n) is 6.10. The molecule has 0 unspecified atom stereocenters. The van der Waals surface area contributed by atoms with Crippen molar-refractivity contribution in [3.8, 4) is 0 Å². The third kappa shape index (κ3) is 21.9. The zero-order valence-electron chi connectivity index (χ0n) is 21.2. The largest absolute Gasteiger partial charge is 0.480 e. The number of carboxylic acid groups (broad SMARTS) is 1. The van der Waals surface area contributed by atoms with Gasteiger partial charge in [0.15, 0.2) is 0 Å². The fourth-order valence-corrected chi connectivity index (χ4v) is 3.96. The fourth-order valence-electron chi connectivity index (χ4n) is 3.96. The van der Waals surface area contributed by atoms with Crippen LogP contribution in [0.15, 0.2) is 12.2 Å². The van der Waals surface area contributed by atoms with E-state index >= 15 is 0 Å². The number of unbranched alkanes of at least 4 members (excludes halogenated alkanes) is 11. The molecule has 5 nitrogen and oxygen atoms in total. The molecule has 0 heterocycles. The Morgan fingerprint density at radius 1 is 0.844 bits per heavy atom. The molecule has 188 valence electrons. The second-order valence-corrected chi connectivity index (χ2v) is 9.38. The molecule has 1 aliphatic rings. The average molecular weight is 453 g/mol. The van der Waals surface area contributed by atoms with E-state index < -0.39 is 5.97 Å². The van der Waals surface area contributed by atoms with Gasteiger partial charge in [-0.3, -0.25) is 9.59 Å². The van der Waals surface area contributed by atoms with E-state index in [1.54, 1.807) is 7.05 Å². The summed E-state index contributed by atoms with van der Waals surface area (Å²) in [4.78, 5) is 23.5. The Kier molecular flexibility index (Phi) is 21.9. The van der Waals surface area contributed by atoms with Crippen molar-refractivity contribution in [2.24, 2.45) is 5.73 Å². The highest BCUT2D eigenvalue weighted by atomic mass is 16.4. The van der Waals surface area contributed by atoms with Crippen LogP contribution >= 0.6 is 0 Å². The molecule has 1 fully saturated rings. The minimum Gasteiger partial charge on any atom is -0.480 e. The van der Waals surface area contributed by atoms with Gasteiger partial charge in [-0.15, -0.1) is 0 Å². The molecule has 1 rings (SSSR count). The number of allylic oxidation sites excluding steroid dienone is 2. The van der Waals surface area contributed by atoms with Gasteiger partial charge < -0.3 is 15.7 Å². The number of nitrogens with zero attached hydrogens (tertiary/aromatic N) is 1. The summed E-state index contributed by atoms with van der Waals surface area (Å²) < 4.78 is 0. The molecule has 32 heavy (non-hydrogen) atoms. The molecule has 0 aromatic carbocycles. The molecule has 0 aromatic heterocycles. The van der Waals surface area contributed by atoms with E-state index in [1.807, 2.05) is 0 Å². The van der Waals surface area contributed by atoms with Crippen LogP contribution in [0, 0.1) is 0 Å². The topological polar surface area (TPSA) is 83.6 Å². The fraction of sp³-hybridized carbons (Fsp3) is 0.852. The highest BCUT2D eigenvalue weighted by molar-refractivity contribution is 5.80. The van der Waals surface area contributed by atoms with Crippen molar-refractivity contribution >= 4 is 11.9 Å². The van der Waals surface area contributed by atoms with Crippen LogP contribution in [0.5, 0.6) is 0 Å². The lowest BCUT2D eigenvalue weighted by atomic mass is 9.97. The van der Waals surface area contributed by atoms with Crippen LogP contribution in [0.4, 0.5) is 0 Å². The molecular weight excluding hydrogens is 400 g/mol. The number of hydrogen-bond acceptors (Lipinski definition) is 3. The Bertz CT molecular complexity index is 474. The average Bonchev–Trinajstić information content (AvgIpc) is 2.76. The number of carboxylic acids is 1. The van der Waals surface area contributed by atoms with Gasteiger partial charge in [0.1, 0.15) is 6.54 Å². The molecule has 1 amide bonds. The monoisotopic (exact) mass is 452 g/mol. The Balaban J connectivity index is 0.00000115. The maximum absolute atomic E-state index is 11.7. The van der Waals surface area contributed by atoms with Gasteiger partial charge in [0.05, 0.1) is 0 Å². The van der Waals surface area contributed by atoms with Crippen molar-refractivity contribution in [3.63, 3.8) is 0 Å². The standard InChI is InChI=1S/C21H39NO3.C6H13N/c1-3-4-5-6-7-8-9-10-11-12-13-14-15-16-17-18-20(23)22(2)19-21(24)25;7-6-4-2-1-3-5-6/h10-11H,3-9,12-19H2,1-2H3,(H,24,25);6H,1-5,7H2/b11-10-;. The lowest BCUT2D eigenvalue weighted by Crippen LogP contribution is -2.31. The molecule has 0 bridgehead atoms. The summed E-state index contributed by atoms with van der Waals surface area (Å²) in [6, 6.07) is 0.536. The van der Waals surface area contributed by atoms with E-state index in [-0.39, 0.29) is 12.5 Å². The minimum atomic E-state index is -0.958. The van der Waals surface area contributed by atoms with E-state index in [4.69, 9.17) is 10.8 Å². The molecule has 3 N–H and O–H groups in total. The van der Waals surface area contributed by atoms with Gasteiger partial charge in [-0.25, -0.2) is 0 Å². The summed E-state index contributed by atoms with van der Waals surface area (Å²) >= 11 is 0. The zero-order valence-corrected chi connectivity index (χ0v) is 21.2. The quantitative estimate of drug-likeness (QED) is 0.187. The van der Waals surface area contributed by atoms with Crippen molar-refractivity contribution in [2.75, 3.05) is 13.6 Å². The van der Waals surface area contributed by atoms with E-state index in [9.17, 15) is 9.59 Å². The summed E-state index contributed by atoms with van der Waals surface area (Å²) in [5.74, 6) is -1.03. The molecule has 0 atom stereocenters. The van der Waals surface area contributed by atoms with E-state index in [1.165, 1.54) is 94.8 Å². The van der Waals surface area contributed by atoms with Crippen molar-refractivity contribution in [3.05, 3.63) is 12.2 Å². The molecule has 0 saturated heterocycles. The first-order valence-electron chi connectivity index (χ1n) is 13.3. The van der Waals surface area contributed by atoms with Crippen LogP contribution in [-0.4, -0.2) is 41.5 Å². The number of amides is 1. The molecule has 1 saturated carbocycles. The van der Waals surface area contributed by atoms with Gasteiger partial charge in [-0.1, -0.05) is 89.7 Å². The Morgan fingerprint density at radius 2 is 1.34 bits per heavy atom. The van der Waals surface area contributed by atoms with Crippen LogP contribution in [-0.2, 0) is 9.59 Å². The third-order valence-corrected chi connectivity index (χ3v) is 6.10. The Labute approximate surface area is 198 Å². The van der Waals surface area contributed by atoms with Gasteiger partial charge in [-0.05, 0) is 44.9 Å². The van der Waals surface area contributed by atoms with Crippen molar-refractivity contribution in [1.29, 1.82) is 0 Å². The van der Waals surface area contributed by atoms with E-state index in [2.05, 4.69) is 19.1 Å². The van der Waals surface area contributed by atoms with Gasteiger partial charge in [0, 0.05) is 19.5 Å². The van der Waals surface area contributed by atoms with Crippen molar-refractivity contribution in [1.82, 2.24) is 4.90 Å². The zero-order chi connectivity index (χ0) is 23.9. The second-order valence-electron chi connectivity index (χ2n) is 9.38. The predicted octanol–water partition coefficient (Wildman–Crippen LogP) is 6.84. The normalized spacial score (nSPS) is 14.2. The lowest BCUT2D eigenvalue weighted by molar-refractivity contribution is -0.143. The lowest BCUT2D eigenvalue weighted by Gasteiger charge is -2.15. The van der Waals surface area contributed by atoms with Crippen LogP contribution in [0.2, 0.25) is 0 Å². The van der Waals surface area contributed by atoms with E-state index in [0.29, 0.717) is 12.5 Å². The SMILES string of the molecule is CCCCCCCC/C=C\CCCCCCCC(=O)N(C)CC(=O)O.NC1CCCCC1. The molecule has 0 aromatic rings. The number of carbonyl (C=O) groups excluding carboxylic acids is 1. The van der Waals surface area contributed by atoms with Gasteiger partial charge in [-0.2, -0.15) is 0 Å². The Morgan fingerprint density at radius 3 is 1.81 bits per heavy atom. The van der Waals surface area contributed by atoms with Gasteiger partial charge in [0.2, 0.25) is 5.91 Å². The number of likely N-dealkylation sites (N-methyl/N-ethyl adjacent to an activating group) is 1. The number of aliphatic carboxylic acids is 1. The second kappa shape index (κ2) is 22.8. The summed E-state index contributed by atoms with van der Waals surface area (Å²) in [6.07, 6.45) is 27.8. The number of hydrogen-bond donors (Lipinski definition) is 2. The number of rotatable bonds is 17. The summed E-state index contributed by atoms with van der Waals surface area (Å²) in [7, 11) is 1.55. The molecular formula is C27H52N2O3. The first-order valence-corrected chi connectivity index (χ1v) is 13.3. The smallest absolute Gasteiger partial charge is 0.323 e. The van der Waals surface area contributed by atoms with E-state index in [0.717, 1.165) is 25.7 Å². The van der Waals surface area contributed by atoms with Crippen molar-refractivity contribution in [2.45, 2.75) is 135 Å². The minimum absolute atomic E-state index is 0.0694. The molecule has 0 aliphatic heterocycles. The maximum Gasteiger partial charge on any atom is 0.323 e. The summed E-state index contributed by atoms with van der Waals surface area (Å²) in [5.41, 5.74) is 5.63. The predicted molar refractivity (Wildman–Crippen MR) is 136 cm³/mol. The number of carbonyl (C=O) groups is 2. The molecule has 5 heteroatoms. The molecule has 0 radical (unpaired) electrons. The highest BCUT2D eigenvalue weighted by Gasteiger charge is 2.11. The van der Waals surface area contributed by atoms with Gasteiger partial charge in [0.25, 0.3) is 0 Å². The first kappa shape index (κ1) is 30.6. The molecule has 1 aliphatic carbocycles. The van der Waals surface area contributed by atoms with Crippen LogP contribution in [0.25, 0.3) is 0 Å². The van der Waals surface area contributed by atoms with Crippen molar-refractivity contribution < 1.29 is 14.7 Å². The first-order chi connectivity index (χ1) is 15.5. The Hall–Kier alpha value is -1.36. The van der Waals surface area contributed by atoms with Crippen LogP contribution in [0.3, 0.4) is 0 Å². The summed E-state index contributed by atoms with van der Waals surface area (Å²) in [5, 5.41) is 8.64. The molecule has 0 spiro atoms. The maximum atomic E-state index is 11.7. The highest BCUT2D eigenvalue weighted by Crippen LogP contribution is 2.15. The van der Waals surface area contributed by atoms with Crippen LogP contribution in [0.1, 0.15) is 129 Å². The number of nitrogens with two attached hydrogens (primary N) is 1. The van der Waals surface area contributed by atoms with Crippen LogP contribution < -0.4 is 5.73 Å².